The maximum absolute atomic E-state index is 14.1. The number of hydrogen-bond acceptors (Lipinski definition) is 0. The molecule has 1 heteroatoms. The zero-order valence-corrected chi connectivity index (χ0v) is 9.86. The highest BCUT2D eigenvalue weighted by atomic mass is 19.1. The molecule has 0 saturated carbocycles. The van der Waals surface area contributed by atoms with Gasteiger partial charge in [0.25, 0.3) is 0 Å². The molecular formula is C12H25F. The van der Waals surface area contributed by atoms with Crippen LogP contribution in [-0.2, 0) is 0 Å². The van der Waals surface area contributed by atoms with Crippen molar-refractivity contribution in [1.82, 2.24) is 0 Å². The topological polar surface area (TPSA) is 0 Å². The van der Waals surface area contributed by atoms with Gasteiger partial charge in [0.05, 0.1) is 0 Å². The molecule has 0 amide bonds. The molecule has 0 rings (SSSR count). The second kappa shape index (κ2) is 5.62. The van der Waals surface area contributed by atoms with Gasteiger partial charge >= 0.3 is 0 Å². The van der Waals surface area contributed by atoms with E-state index < -0.39 is 5.67 Å². The summed E-state index contributed by atoms with van der Waals surface area (Å²) >= 11 is 0. The van der Waals surface area contributed by atoms with Crippen LogP contribution in [0.4, 0.5) is 4.39 Å². The molecule has 0 heterocycles. The smallest absolute Gasteiger partial charge is 0.113 e. The average Bonchev–Trinajstić information content (AvgIpc) is 2.13. The maximum Gasteiger partial charge on any atom is 0.113 e. The second-order valence-electron chi connectivity index (χ2n) is 4.59. The van der Waals surface area contributed by atoms with Crippen molar-refractivity contribution in [2.24, 2.45) is 11.8 Å². The van der Waals surface area contributed by atoms with E-state index in [1.807, 2.05) is 20.8 Å². The normalized spacial score (nSPS) is 18.7. The van der Waals surface area contributed by atoms with Gasteiger partial charge in [-0.3, -0.25) is 0 Å². The summed E-state index contributed by atoms with van der Waals surface area (Å²) in [7, 11) is 0. The van der Waals surface area contributed by atoms with Crippen molar-refractivity contribution in [2.45, 2.75) is 66.0 Å². The summed E-state index contributed by atoms with van der Waals surface area (Å²) in [5.41, 5.74) is -0.927. The van der Waals surface area contributed by atoms with Crippen molar-refractivity contribution in [3.8, 4) is 0 Å². The molecule has 80 valence electrons. The third-order valence-corrected chi connectivity index (χ3v) is 3.37. The van der Waals surface area contributed by atoms with Crippen LogP contribution in [0.15, 0.2) is 0 Å². The van der Waals surface area contributed by atoms with Crippen LogP contribution in [-0.4, -0.2) is 5.67 Å². The molecule has 0 saturated heterocycles. The summed E-state index contributed by atoms with van der Waals surface area (Å²) in [5.74, 6) is 0.821. The Morgan fingerprint density at radius 3 is 2.00 bits per heavy atom. The molecule has 0 aliphatic heterocycles. The van der Waals surface area contributed by atoms with Crippen LogP contribution in [0.1, 0.15) is 60.3 Å². The number of rotatable bonds is 6. The van der Waals surface area contributed by atoms with E-state index in [9.17, 15) is 4.39 Å². The first-order valence-electron chi connectivity index (χ1n) is 5.65. The molecule has 0 spiro atoms. The fourth-order valence-electron chi connectivity index (χ4n) is 1.56. The molecule has 13 heavy (non-hydrogen) atoms. The molecule has 0 aliphatic rings. The predicted octanol–water partition coefficient (Wildman–Crippen LogP) is 4.59. The highest BCUT2D eigenvalue weighted by Crippen LogP contribution is 2.32. The molecule has 0 aromatic heterocycles. The van der Waals surface area contributed by atoms with Crippen LogP contribution in [0.25, 0.3) is 0 Å². The average molecular weight is 188 g/mol. The van der Waals surface area contributed by atoms with Crippen molar-refractivity contribution in [1.29, 1.82) is 0 Å². The Balaban J connectivity index is 3.98. The van der Waals surface area contributed by atoms with Gasteiger partial charge in [-0.25, -0.2) is 4.39 Å². The lowest BCUT2D eigenvalue weighted by Crippen LogP contribution is -2.29. The molecule has 0 N–H and O–H groups in total. The highest BCUT2D eigenvalue weighted by molar-refractivity contribution is 4.81. The van der Waals surface area contributed by atoms with Crippen molar-refractivity contribution in [3.05, 3.63) is 0 Å². The van der Waals surface area contributed by atoms with Crippen LogP contribution in [0, 0.1) is 11.8 Å². The summed E-state index contributed by atoms with van der Waals surface area (Å²) in [6.07, 6.45) is 3.58. The fourth-order valence-corrected chi connectivity index (χ4v) is 1.56. The van der Waals surface area contributed by atoms with Crippen LogP contribution in [0.3, 0.4) is 0 Å². The van der Waals surface area contributed by atoms with Gasteiger partial charge in [0.1, 0.15) is 5.67 Å². The molecule has 2 atom stereocenters. The molecule has 0 fully saturated rings. The Labute approximate surface area is 82.9 Å². The molecule has 0 radical (unpaired) electrons. The standard InChI is InChI=1S/C12H25F/c1-6-11(5)8-9-12(13,7-2)10(3)4/h10-11H,6-9H2,1-5H3. The van der Waals surface area contributed by atoms with Gasteiger partial charge in [0.15, 0.2) is 0 Å². The Morgan fingerprint density at radius 1 is 1.15 bits per heavy atom. The fraction of sp³-hybridized carbons (Fsp3) is 1.00. The lowest BCUT2D eigenvalue weighted by molar-refractivity contribution is 0.0764. The first kappa shape index (κ1) is 12.9. The number of hydrogen-bond donors (Lipinski definition) is 0. The first-order chi connectivity index (χ1) is 5.96. The maximum atomic E-state index is 14.1. The monoisotopic (exact) mass is 188 g/mol. The van der Waals surface area contributed by atoms with Gasteiger partial charge < -0.3 is 0 Å². The number of halogens is 1. The quantitative estimate of drug-likeness (QED) is 0.572. The SMILES string of the molecule is CCC(C)CCC(F)(CC)C(C)C. The molecule has 0 aliphatic carbocycles. The van der Waals surface area contributed by atoms with Crippen molar-refractivity contribution < 1.29 is 4.39 Å². The zero-order valence-electron chi connectivity index (χ0n) is 9.86. The van der Waals surface area contributed by atoms with E-state index in [1.165, 1.54) is 0 Å². The minimum Gasteiger partial charge on any atom is -0.244 e. The molecule has 2 unspecified atom stereocenters. The second-order valence-corrected chi connectivity index (χ2v) is 4.59. The minimum atomic E-state index is -0.927. The summed E-state index contributed by atoms with van der Waals surface area (Å²) in [6, 6.07) is 0. The van der Waals surface area contributed by atoms with Gasteiger partial charge in [0, 0.05) is 0 Å². The molecule has 0 bridgehead atoms. The lowest BCUT2D eigenvalue weighted by atomic mass is 9.83. The van der Waals surface area contributed by atoms with Crippen LogP contribution < -0.4 is 0 Å². The Morgan fingerprint density at radius 2 is 1.69 bits per heavy atom. The Hall–Kier alpha value is -0.0700. The van der Waals surface area contributed by atoms with E-state index in [4.69, 9.17) is 0 Å². The summed E-state index contributed by atoms with van der Waals surface area (Å²) in [4.78, 5) is 0. The minimum absolute atomic E-state index is 0.154. The van der Waals surface area contributed by atoms with E-state index in [1.54, 1.807) is 0 Å². The molecule has 0 nitrogen and oxygen atoms in total. The third-order valence-electron chi connectivity index (χ3n) is 3.37. The van der Waals surface area contributed by atoms with Crippen LogP contribution >= 0.6 is 0 Å². The first-order valence-corrected chi connectivity index (χ1v) is 5.65. The van der Waals surface area contributed by atoms with E-state index in [0.29, 0.717) is 12.3 Å². The van der Waals surface area contributed by atoms with Gasteiger partial charge in [-0.1, -0.05) is 41.0 Å². The summed E-state index contributed by atoms with van der Waals surface area (Å²) in [5, 5.41) is 0. The highest BCUT2D eigenvalue weighted by Gasteiger charge is 2.31. The van der Waals surface area contributed by atoms with Crippen molar-refractivity contribution >= 4 is 0 Å². The van der Waals surface area contributed by atoms with E-state index >= 15 is 0 Å². The van der Waals surface area contributed by atoms with Gasteiger partial charge in [-0.05, 0) is 31.1 Å². The van der Waals surface area contributed by atoms with Crippen molar-refractivity contribution in [3.63, 3.8) is 0 Å². The summed E-state index contributed by atoms with van der Waals surface area (Å²) < 4.78 is 14.1. The predicted molar refractivity (Wildman–Crippen MR) is 57.7 cm³/mol. The van der Waals surface area contributed by atoms with Gasteiger partial charge in [-0.2, -0.15) is 0 Å². The number of alkyl halides is 1. The Kier molecular flexibility index (Phi) is 5.59. The zero-order chi connectivity index (χ0) is 10.5. The van der Waals surface area contributed by atoms with Crippen LogP contribution in [0.5, 0.6) is 0 Å². The largest absolute Gasteiger partial charge is 0.244 e. The van der Waals surface area contributed by atoms with Gasteiger partial charge in [0.2, 0.25) is 0 Å². The van der Waals surface area contributed by atoms with Crippen LogP contribution in [0.2, 0.25) is 0 Å². The Bertz CT molecular complexity index is 131. The lowest BCUT2D eigenvalue weighted by Gasteiger charge is -2.29. The molecule has 0 aromatic carbocycles. The van der Waals surface area contributed by atoms with E-state index in [-0.39, 0.29) is 5.92 Å². The van der Waals surface area contributed by atoms with Crippen molar-refractivity contribution in [2.75, 3.05) is 0 Å². The van der Waals surface area contributed by atoms with Gasteiger partial charge in [-0.15, -0.1) is 0 Å². The summed E-state index contributed by atoms with van der Waals surface area (Å²) in [6.45, 7) is 10.3. The van der Waals surface area contributed by atoms with E-state index in [0.717, 1.165) is 19.3 Å². The third kappa shape index (κ3) is 4.10. The van der Waals surface area contributed by atoms with E-state index in [2.05, 4.69) is 13.8 Å². The molecule has 0 aromatic rings. The molecular weight excluding hydrogens is 163 g/mol.